The van der Waals surface area contributed by atoms with E-state index in [4.69, 9.17) is 18.8 Å². The molecule has 484 valence electrons. The first kappa shape index (κ1) is 58.9. The Morgan fingerprint density at radius 1 is 0.369 bits per heavy atom. The van der Waals surface area contributed by atoms with Gasteiger partial charge in [0, 0.05) is 85.4 Å². The molecule has 16 aromatic carbocycles. The SMILES string of the molecule is CC(C)(C)c1ccc2c3ccc(-c4ccnc(-c5c6ccccc6cc6ccccc56)n4)c4oc5c(-c6ccc(-c7cccc(-c8cccnc8)c7)cc6)ccc(c6c7c(oc1c72)CC(N(c1ccc2c(ccc7cc(-c8ccccc8)ccc72)c1)c1cc2ccccc2c2ccccc12)C=6)c5c43. The summed E-state index contributed by atoms with van der Waals surface area (Å²) in [4.78, 5) is 17.8. The summed E-state index contributed by atoms with van der Waals surface area (Å²) in [7, 11) is 0. The van der Waals surface area contributed by atoms with Crippen LogP contribution in [0.5, 0.6) is 0 Å². The van der Waals surface area contributed by atoms with Crippen LogP contribution in [0.4, 0.5) is 11.4 Å². The van der Waals surface area contributed by atoms with Crippen LogP contribution in [0, 0.1) is 0 Å². The molecule has 0 spiro atoms. The number of benzene rings is 15. The van der Waals surface area contributed by atoms with Crippen LogP contribution in [0.1, 0.15) is 32.1 Å². The van der Waals surface area contributed by atoms with Crippen LogP contribution in [-0.4, -0.2) is 21.0 Å². The molecule has 4 heterocycles. The van der Waals surface area contributed by atoms with Crippen LogP contribution >= 0.6 is 0 Å². The molecule has 103 heavy (non-hydrogen) atoms. The summed E-state index contributed by atoms with van der Waals surface area (Å²) in [6.07, 6.45) is 8.83. The fourth-order valence-electron chi connectivity index (χ4n) is 17.2. The molecule has 1 aliphatic carbocycles. The van der Waals surface area contributed by atoms with Gasteiger partial charge in [0.1, 0.15) is 22.5 Å². The van der Waals surface area contributed by atoms with E-state index >= 15 is 0 Å². The molecular weight excluding hydrogens is 1250 g/mol. The minimum Gasteiger partial charge on any atom is -0.460 e. The average molecular weight is 1320 g/mol. The lowest BCUT2D eigenvalue weighted by Gasteiger charge is -2.34. The van der Waals surface area contributed by atoms with E-state index in [1.165, 1.54) is 54.2 Å². The number of furan rings is 2. The van der Waals surface area contributed by atoms with E-state index in [0.717, 1.165) is 154 Å². The van der Waals surface area contributed by atoms with E-state index in [1.54, 1.807) is 0 Å². The van der Waals surface area contributed by atoms with E-state index in [9.17, 15) is 0 Å². The highest BCUT2D eigenvalue weighted by atomic mass is 16.3. The van der Waals surface area contributed by atoms with Crippen molar-refractivity contribution in [2.45, 2.75) is 38.6 Å². The summed E-state index contributed by atoms with van der Waals surface area (Å²) in [5.74, 6) is 1.61. The summed E-state index contributed by atoms with van der Waals surface area (Å²) in [6.45, 7) is 6.91. The molecule has 4 aromatic heterocycles. The number of fused-ring (bicyclic) bond motifs is 10. The van der Waals surface area contributed by atoms with Gasteiger partial charge in [-0.05, 0) is 180 Å². The number of hydrogen-bond donors (Lipinski definition) is 0. The molecule has 0 fully saturated rings. The molecule has 0 N–H and O–H groups in total. The van der Waals surface area contributed by atoms with Crippen molar-refractivity contribution in [1.82, 2.24) is 15.0 Å². The fourth-order valence-corrected chi connectivity index (χ4v) is 17.2. The molecule has 0 amide bonds. The molecule has 1 aliphatic rings. The average Bonchev–Trinajstić information content (AvgIpc) is 1.55. The first-order valence-electron chi connectivity index (χ1n) is 35.6. The van der Waals surface area contributed by atoms with Crippen molar-refractivity contribution in [2.75, 3.05) is 4.90 Å². The summed E-state index contributed by atoms with van der Waals surface area (Å²) < 4.78 is 15.6. The van der Waals surface area contributed by atoms with Gasteiger partial charge in [0.25, 0.3) is 0 Å². The van der Waals surface area contributed by atoms with E-state index in [-0.39, 0.29) is 11.5 Å². The molecule has 6 heteroatoms. The van der Waals surface area contributed by atoms with E-state index in [0.29, 0.717) is 12.2 Å². The normalized spacial score (nSPS) is 13.3. The second kappa shape index (κ2) is 22.7. The molecule has 0 radical (unpaired) electrons. The van der Waals surface area contributed by atoms with Crippen LogP contribution < -0.4 is 10.1 Å². The monoisotopic (exact) mass is 1320 g/mol. The van der Waals surface area contributed by atoms with E-state index in [2.05, 4.69) is 316 Å². The first-order valence-corrected chi connectivity index (χ1v) is 35.6. The third-order valence-electron chi connectivity index (χ3n) is 21.9. The fraction of sp³-hybridized carbons (Fsp3) is 0.0619. The van der Waals surface area contributed by atoms with Crippen LogP contribution in [0.25, 0.3) is 192 Å². The van der Waals surface area contributed by atoms with Gasteiger partial charge in [-0.1, -0.05) is 257 Å². The third kappa shape index (κ3) is 9.30. The van der Waals surface area contributed by atoms with Gasteiger partial charge in [0.2, 0.25) is 0 Å². The van der Waals surface area contributed by atoms with Gasteiger partial charge >= 0.3 is 0 Å². The Bertz CT molecular complexity index is 6950. The Labute approximate surface area is 593 Å². The molecule has 0 aliphatic heterocycles. The summed E-state index contributed by atoms with van der Waals surface area (Å²) >= 11 is 0. The molecule has 1 unspecified atom stereocenters. The van der Waals surface area contributed by atoms with E-state index in [1.807, 2.05) is 30.7 Å². The van der Waals surface area contributed by atoms with Crippen LogP contribution in [0.15, 0.2) is 319 Å². The summed E-state index contributed by atoms with van der Waals surface area (Å²) in [5, 5.41) is 22.8. The van der Waals surface area contributed by atoms with Crippen LogP contribution in [-0.2, 0) is 11.8 Å². The van der Waals surface area contributed by atoms with Crippen molar-refractivity contribution in [2.24, 2.45) is 0 Å². The second-order valence-corrected chi connectivity index (χ2v) is 28.9. The van der Waals surface area contributed by atoms with Crippen molar-refractivity contribution in [1.29, 1.82) is 0 Å². The van der Waals surface area contributed by atoms with Gasteiger partial charge in [0.15, 0.2) is 5.82 Å². The number of nitrogens with zero attached hydrogens (tertiary/aromatic N) is 4. The number of aromatic nitrogens is 3. The quantitative estimate of drug-likeness (QED) is 0.106. The molecule has 0 saturated carbocycles. The lowest BCUT2D eigenvalue weighted by molar-refractivity contribution is 0.519. The zero-order valence-corrected chi connectivity index (χ0v) is 56.9. The van der Waals surface area contributed by atoms with Gasteiger partial charge in [-0.2, -0.15) is 0 Å². The molecule has 21 rings (SSSR count). The number of anilines is 2. The van der Waals surface area contributed by atoms with Crippen molar-refractivity contribution in [3.05, 3.63) is 326 Å². The molecule has 6 nitrogen and oxygen atoms in total. The maximum Gasteiger partial charge on any atom is 0.161 e. The second-order valence-electron chi connectivity index (χ2n) is 28.9. The Morgan fingerprint density at radius 3 is 1.68 bits per heavy atom. The van der Waals surface area contributed by atoms with Gasteiger partial charge in [-0.25, -0.2) is 9.97 Å². The molecule has 20 aromatic rings. The Balaban J connectivity index is 0.841. The minimum atomic E-state index is -0.258. The Kier molecular flexibility index (Phi) is 13.0. The van der Waals surface area contributed by atoms with Gasteiger partial charge < -0.3 is 13.7 Å². The van der Waals surface area contributed by atoms with Gasteiger partial charge in [0.05, 0.1) is 17.4 Å². The zero-order chi connectivity index (χ0) is 68.2. The van der Waals surface area contributed by atoms with Crippen molar-refractivity contribution in [3.63, 3.8) is 0 Å². The largest absolute Gasteiger partial charge is 0.460 e. The van der Waals surface area contributed by atoms with E-state index < -0.39 is 0 Å². The number of hydrogen-bond acceptors (Lipinski definition) is 6. The van der Waals surface area contributed by atoms with Crippen LogP contribution in [0.3, 0.4) is 0 Å². The standard InChI is InChI=1S/C97H64N4O2/c1-97(2,3)84-45-44-80-79-42-43-82(85-46-48-99-96(100-85)88-74-26-11-8-19-63(74)51-64-20-9-12-27-75(64)88)94-91(79)92-81(41-40-76(93(92)103-94)59-32-30-58(31-33-59)60-22-15-23-61(49-60)68-24-16-47-98-56-68)83-54-70(55-87-89(83)90(80)95(84)102-87)101(86-53-65-21-7-10-25-71(65)77-28-13-14-29-78(77)86)69-37-39-73-67(52-69)35-34-66-50-62(36-38-72(66)73)57-17-5-4-6-18-57/h4-54,56,70H,55H2,1-3H3. The maximum absolute atomic E-state index is 7.87. The molecule has 1 atom stereocenters. The lowest BCUT2D eigenvalue weighted by Crippen LogP contribution is -2.35. The zero-order valence-electron chi connectivity index (χ0n) is 56.9. The lowest BCUT2D eigenvalue weighted by atomic mass is 9.83. The minimum absolute atomic E-state index is 0.253. The molecule has 0 saturated heterocycles. The van der Waals surface area contributed by atoms with Crippen molar-refractivity contribution >= 4 is 137 Å². The predicted molar refractivity (Wildman–Crippen MR) is 430 cm³/mol. The van der Waals surface area contributed by atoms with Crippen molar-refractivity contribution in [3.8, 4) is 67.2 Å². The van der Waals surface area contributed by atoms with Crippen LogP contribution in [0.2, 0.25) is 0 Å². The number of rotatable bonds is 9. The molecule has 0 bridgehead atoms. The highest BCUT2D eigenvalue weighted by Gasteiger charge is 2.34. The summed E-state index contributed by atoms with van der Waals surface area (Å²) in [5.41, 5.74) is 17.1. The first-order chi connectivity index (χ1) is 50.7. The Morgan fingerprint density at radius 2 is 0.922 bits per heavy atom. The topological polar surface area (TPSA) is 68.2 Å². The number of pyridine rings is 1. The maximum atomic E-state index is 7.87. The third-order valence-corrected chi connectivity index (χ3v) is 21.9. The van der Waals surface area contributed by atoms with Gasteiger partial charge in [-0.15, -0.1) is 0 Å². The molecular formula is C97H64N4O2. The smallest absolute Gasteiger partial charge is 0.161 e. The highest BCUT2D eigenvalue weighted by molar-refractivity contribution is 6.33. The highest BCUT2D eigenvalue weighted by Crippen LogP contribution is 2.51. The predicted octanol–water partition coefficient (Wildman–Crippen LogP) is 25.3. The Hall–Kier alpha value is -13.0. The van der Waals surface area contributed by atoms with Crippen molar-refractivity contribution < 1.29 is 8.83 Å². The summed E-state index contributed by atoms with van der Waals surface area (Å²) in [6, 6.07) is 106. The van der Waals surface area contributed by atoms with Gasteiger partial charge in [-0.3, -0.25) is 4.98 Å².